The van der Waals surface area contributed by atoms with Crippen LogP contribution in [0.5, 0.6) is 0 Å². The van der Waals surface area contributed by atoms with Gasteiger partial charge in [-0.3, -0.25) is 9.78 Å². The van der Waals surface area contributed by atoms with Crippen LogP contribution in [0.1, 0.15) is 11.4 Å². The number of nitrogens with zero attached hydrogens (tertiary/aromatic N) is 2. The second-order valence-electron chi connectivity index (χ2n) is 4.32. The molecule has 6 nitrogen and oxygen atoms in total. The molecule has 20 heavy (non-hydrogen) atoms. The summed E-state index contributed by atoms with van der Waals surface area (Å²) in [5.41, 5.74) is 1.21. The zero-order valence-corrected chi connectivity index (χ0v) is 12.8. The van der Waals surface area contributed by atoms with Crippen LogP contribution in [0.4, 0.5) is 0 Å². The van der Waals surface area contributed by atoms with Crippen LogP contribution >= 0.6 is 11.3 Å². The summed E-state index contributed by atoms with van der Waals surface area (Å²) < 4.78 is 26.0. The lowest BCUT2D eigenvalue weighted by Crippen LogP contribution is -2.29. The minimum atomic E-state index is -3.63. The van der Waals surface area contributed by atoms with Gasteiger partial charge in [-0.2, -0.15) is 4.31 Å². The number of hydrogen-bond donors (Lipinski definition) is 1. The number of pyridine rings is 1. The highest BCUT2D eigenvalue weighted by molar-refractivity contribution is 7.91. The first kappa shape index (κ1) is 14.9. The number of aryl methyl sites for hydroxylation is 1. The molecule has 0 bridgehead atoms. The van der Waals surface area contributed by atoms with Crippen molar-refractivity contribution < 1.29 is 8.42 Å². The monoisotopic (exact) mass is 313 g/mol. The van der Waals surface area contributed by atoms with Crippen molar-refractivity contribution >= 4 is 21.4 Å². The number of nitrogens with one attached hydrogen (secondary N) is 1. The summed E-state index contributed by atoms with van der Waals surface area (Å²) >= 11 is 0.715. The third-order valence-corrected chi connectivity index (χ3v) is 6.27. The van der Waals surface area contributed by atoms with Crippen LogP contribution in [-0.2, 0) is 16.4 Å². The zero-order chi connectivity index (χ0) is 14.8. The highest BCUT2D eigenvalue weighted by atomic mass is 32.2. The van der Waals surface area contributed by atoms with Crippen molar-refractivity contribution in [3.8, 4) is 0 Å². The van der Waals surface area contributed by atoms with Crippen LogP contribution in [0, 0.1) is 6.92 Å². The molecule has 8 heteroatoms. The van der Waals surface area contributed by atoms with Gasteiger partial charge >= 0.3 is 4.87 Å². The van der Waals surface area contributed by atoms with E-state index in [9.17, 15) is 13.2 Å². The Labute approximate surface area is 121 Å². The zero-order valence-electron chi connectivity index (χ0n) is 11.2. The first-order valence-corrected chi connectivity index (χ1v) is 8.23. The molecule has 0 amide bonds. The van der Waals surface area contributed by atoms with Gasteiger partial charge in [-0.05, 0) is 19.1 Å². The van der Waals surface area contributed by atoms with Crippen molar-refractivity contribution in [2.75, 3.05) is 13.6 Å². The fourth-order valence-electron chi connectivity index (χ4n) is 1.72. The Morgan fingerprint density at radius 2 is 2.15 bits per heavy atom. The minimum absolute atomic E-state index is 0.0750. The molecular weight excluding hydrogens is 298 g/mol. The van der Waals surface area contributed by atoms with E-state index in [1.165, 1.54) is 11.4 Å². The van der Waals surface area contributed by atoms with Crippen molar-refractivity contribution in [3.63, 3.8) is 0 Å². The van der Waals surface area contributed by atoms with E-state index >= 15 is 0 Å². The average Bonchev–Trinajstić information content (AvgIpc) is 2.77. The van der Waals surface area contributed by atoms with Crippen LogP contribution in [0.3, 0.4) is 0 Å². The maximum absolute atomic E-state index is 12.3. The Bertz CT molecular complexity index is 735. The normalized spacial score (nSPS) is 11.9. The van der Waals surface area contributed by atoms with E-state index in [4.69, 9.17) is 0 Å². The summed E-state index contributed by atoms with van der Waals surface area (Å²) in [5.74, 6) is 0. The van der Waals surface area contributed by atoms with Gasteiger partial charge in [-0.15, -0.1) is 0 Å². The molecule has 108 valence electrons. The Morgan fingerprint density at radius 1 is 1.40 bits per heavy atom. The van der Waals surface area contributed by atoms with E-state index < -0.39 is 10.0 Å². The lowest BCUT2D eigenvalue weighted by molar-refractivity contribution is 0.472. The Morgan fingerprint density at radius 3 is 2.70 bits per heavy atom. The number of hydrogen-bond acceptors (Lipinski definition) is 5. The summed E-state index contributed by atoms with van der Waals surface area (Å²) in [6.07, 6.45) is 2.20. The summed E-state index contributed by atoms with van der Waals surface area (Å²) in [7, 11) is -2.12. The highest BCUT2D eigenvalue weighted by Gasteiger charge is 2.25. The largest absolute Gasteiger partial charge is 0.315 e. The van der Waals surface area contributed by atoms with Gasteiger partial charge in [0, 0.05) is 37.6 Å². The predicted molar refractivity (Wildman–Crippen MR) is 77.4 cm³/mol. The van der Waals surface area contributed by atoms with Crippen molar-refractivity contribution in [1.29, 1.82) is 0 Å². The molecule has 0 unspecified atom stereocenters. The number of likely N-dealkylation sites (N-methyl/N-ethyl adjacent to an activating group) is 1. The number of sulfonamides is 1. The molecule has 0 spiro atoms. The molecule has 1 N–H and O–H groups in total. The summed E-state index contributed by atoms with van der Waals surface area (Å²) in [6, 6.07) is 5.52. The second kappa shape index (κ2) is 5.86. The molecule has 0 atom stereocenters. The van der Waals surface area contributed by atoms with Crippen molar-refractivity contribution in [2.24, 2.45) is 0 Å². The van der Waals surface area contributed by atoms with Crippen LogP contribution < -0.4 is 4.87 Å². The van der Waals surface area contributed by atoms with Gasteiger partial charge < -0.3 is 4.98 Å². The smallest absolute Gasteiger partial charge is 0.305 e. The molecule has 0 radical (unpaired) electrons. The summed E-state index contributed by atoms with van der Waals surface area (Å²) in [5, 5.41) is 0. The lowest BCUT2D eigenvalue weighted by Gasteiger charge is -2.15. The number of aromatic amines is 1. The molecule has 0 aliphatic heterocycles. The SMILES string of the molecule is Cc1[nH]c(=O)sc1S(=O)(=O)N(C)CCc1ccccn1. The molecular formula is C12H15N3O3S2. The quantitative estimate of drug-likeness (QED) is 0.893. The van der Waals surface area contributed by atoms with Crippen molar-refractivity contribution in [1.82, 2.24) is 14.3 Å². The standard InChI is InChI=1S/C12H15N3O3S2/c1-9-11(19-12(16)14-9)20(17,18)15(2)8-6-10-5-3-4-7-13-10/h3-5,7H,6,8H2,1-2H3,(H,14,16). The molecule has 2 heterocycles. The topological polar surface area (TPSA) is 83.1 Å². The Hall–Kier alpha value is -1.51. The highest BCUT2D eigenvalue weighted by Crippen LogP contribution is 2.20. The fourth-order valence-corrected chi connectivity index (χ4v) is 4.38. The van der Waals surface area contributed by atoms with E-state index in [1.54, 1.807) is 13.1 Å². The summed E-state index contributed by atoms with van der Waals surface area (Å²) in [4.78, 5) is 17.5. The van der Waals surface area contributed by atoms with E-state index in [-0.39, 0.29) is 9.08 Å². The first-order valence-electron chi connectivity index (χ1n) is 5.97. The predicted octanol–water partition coefficient (Wildman–Crippen LogP) is 1.00. The van der Waals surface area contributed by atoms with Crippen LogP contribution in [0.15, 0.2) is 33.4 Å². The second-order valence-corrected chi connectivity index (χ2v) is 7.55. The van der Waals surface area contributed by atoms with Crippen molar-refractivity contribution in [3.05, 3.63) is 45.5 Å². The Balaban J connectivity index is 2.14. The molecule has 0 aromatic carbocycles. The van der Waals surface area contributed by atoms with E-state index in [2.05, 4.69) is 9.97 Å². The van der Waals surface area contributed by atoms with Gasteiger partial charge in [0.25, 0.3) is 10.0 Å². The third-order valence-electron chi connectivity index (χ3n) is 2.83. The number of rotatable bonds is 5. The van der Waals surface area contributed by atoms with Crippen LogP contribution in [0.25, 0.3) is 0 Å². The number of aromatic nitrogens is 2. The fraction of sp³-hybridized carbons (Fsp3) is 0.333. The van der Waals surface area contributed by atoms with E-state index in [0.29, 0.717) is 30.0 Å². The summed E-state index contributed by atoms with van der Waals surface area (Å²) in [6.45, 7) is 1.89. The van der Waals surface area contributed by atoms with Crippen LogP contribution in [-0.4, -0.2) is 36.3 Å². The molecule has 0 aliphatic carbocycles. The maximum atomic E-state index is 12.3. The van der Waals surface area contributed by atoms with Crippen molar-refractivity contribution in [2.45, 2.75) is 17.6 Å². The lowest BCUT2D eigenvalue weighted by atomic mass is 10.3. The molecule has 0 saturated heterocycles. The first-order chi connectivity index (χ1) is 9.41. The van der Waals surface area contributed by atoms with Gasteiger partial charge in [-0.25, -0.2) is 8.42 Å². The molecule has 0 aliphatic rings. The molecule has 0 saturated carbocycles. The minimum Gasteiger partial charge on any atom is -0.315 e. The van der Waals surface area contributed by atoms with Gasteiger partial charge in [0.05, 0.1) is 0 Å². The third kappa shape index (κ3) is 3.14. The molecule has 2 rings (SSSR count). The molecule has 0 fully saturated rings. The van der Waals surface area contributed by atoms with E-state index in [0.717, 1.165) is 5.69 Å². The van der Waals surface area contributed by atoms with E-state index in [1.807, 2.05) is 18.2 Å². The Kier molecular flexibility index (Phi) is 4.36. The molecule has 2 aromatic rings. The maximum Gasteiger partial charge on any atom is 0.305 e. The van der Waals surface area contributed by atoms with Gasteiger partial charge in [-0.1, -0.05) is 17.4 Å². The van der Waals surface area contributed by atoms with Gasteiger partial charge in [0.2, 0.25) is 0 Å². The number of H-pyrrole nitrogens is 1. The van der Waals surface area contributed by atoms with Crippen LogP contribution in [0.2, 0.25) is 0 Å². The van der Waals surface area contributed by atoms with Gasteiger partial charge in [0.1, 0.15) is 0 Å². The van der Waals surface area contributed by atoms with Gasteiger partial charge in [0.15, 0.2) is 4.21 Å². The number of thiazole rings is 1. The average molecular weight is 313 g/mol. The molecule has 2 aromatic heterocycles.